The third-order valence-electron chi connectivity index (χ3n) is 8.44. The number of carbonyl (C=O) groups excluding carboxylic acids is 1. The Morgan fingerprint density at radius 2 is 1.59 bits per heavy atom. The van der Waals surface area contributed by atoms with Crippen LogP contribution in [0.25, 0.3) is 0 Å². The maximum Gasteiger partial charge on any atom is 0.317 e. The number of carbonyl (C=O) groups is 2. The van der Waals surface area contributed by atoms with Crippen molar-refractivity contribution < 1.29 is 69.0 Å². The van der Waals surface area contributed by atoms with E-state index in [9.17, 15) is 40.2 Å². The lowest BCUT2D eigenvalue weighted by Gasteiger charge is -2.51. The molecule has 7 N–H and O–H groups in total. The van der Waals surface area contributed by atoms with Crippen molar-refractivity contribution in [2.75, 3.05) is 13.7 Å². The molecule has 2 saturated heterocycles. The Morgan fingerprint density at radius 3 is 2.28 bits per heavy atom. The zero-order valence-corrected chi connectivity index (χ0v) is 21.7. The van der Waals surface area contributed by atoms with Crippen LogP contribution in [-0.2, 0) is 33.3 Å². The molecule has 0 aromatic rings. The Kier molecular flexibility index (Phi) is 10.2. The van der Waals surface area contributed by atoms with E-state index in [0.29, 0.717) is 32.1 Å². The number of methoxy groups -OCH3 is 1. The molecule has 2 aliphatic heterocycles. The first-order chi connectivity index (χ1) is 18.5. The summed E-state index contributed by atoms with van der Waals surface area (Å²) < 4.78 is 28.6. The number of carboxylic acids is 1. The summed E-state index contributed by atoms with van der Waals surface area (Å²) in [7, 11) is 1.51. The van der Waals surface area contributed by atoms with Gasteiger partial charge in [-0.1, -0.05) is 0 Å². The van der Waals surface area contributed by atoms with Crippen LogP contribution in [0.4, 0.5) is 0 Å². The first-order valence-corrected chi connectivity index (χ1v) is 13.4. The van der Waals surface area contributed by atoms with Gasteiger partial charge in [-0.2, -0.15) is 0 Å². The SMILES string of the molecule is COC1CC(C2OC3CC(O)CC(O)C3CC2OC2OC(COC(=O)CC(=O)O)C(O)C(O)C2O)CCC1O. The van der Waals surface area contributed by atoms with Gasteiger partial charge in [0.15, 0.2) is 6.29 Å². The van der Waals surface area contributed by atoms with Crippen LogP contribution >= 0.6 is 0 Å². The Hall–Kier alpha value is -1.46. The van der Waals surface area contributed by atoms with Crippen molar-refractivity contribution in [3.05, 3.63) is 0 Å². The van der Waals surface area contributed by atoms with E-state index in [1.54, 1.807) is 0 Å². The minimum Gasteiger partial charge on any atom is -0.481 e. The van der Waals surface area contributed by atoms with Crippen LogP contribution in [0, 0.1) is 11.8 Å². The number of aliphatic hydroxyl groups excluding tert-OH is 6. The number of hydrogen-bond acceptors (Lipinski definition) is 13. The number of ether oxygens (including phenoxy) is 5. The lowest BCUT2D eigenvalue weighted by molar-refractivity contribution is -0.333. The molecule has 0 radical (unpaired) electrons. The molecule has 14 nitrogen and oxygen atoms in total. The van der Waals surface area contributed by atoms with E-state index < -0.39 is 98.4 Å². The van der Waals surface area contributed by atoms with Crippen molar-refractivity contribution in [1.82, 2.24) is 0 Å². The first kappa shape index (κ1) is 30.5. The van der Waals surface area contributed by atoms with Crippen LogP contribution in [-0.4, -0.2) is 135 Å². The summed E-state index contributed by atoms with van der Waals surface area (Å²) in [6, 6.07) is 0. The minimum atomic E-state index is -1.72. The van der Waals surface area contributed by atoms with Gasteiger partial charge in [-0.25, -0.2) is 0 Å². The van der Waals surface area contributed by atoms with E-state index in [1.807, 2.05) is 0 Å². The van der Waals surface area contributed by atoms with Crippen molar-refractivity contribution in [2.45, 2.75) is 118 Å². The zero-order valence-electron chi connectivity index (χ0n) is 21.7. The average Bonchev–Trinajstić information content (AvgIpc) is 2.88. The van der Waals surface area contributed by atoms with Crippen molar-refractivity contribution >= 4 is 11.9 Å². The van der Waals surface area contributed by atoms with Gasteiger partial charge in [0.1, 0.15) is 37.4 Å². The fourth-order valence-corrected chi connectivity index (χ4v) is 6.33. The van der Waals surface area contributed by atoms with E-state index in [4.69, 9.17) is 28.8 Å². The molecule has 14 atom stereocenters. The van der Waals surface area contributed by atoms with Gasteiger partial charge in [-0.05, 0) is 44.4 Å². The molecule has 0 spiro atoms. The first-order valence-electron chi connectivity index (χ1n) is 13.4. The molecule has 2 saturated carbocycles. The normalized spacial score (nSPS) is 46.7. The number of esters is 1. The molecule has 4 fully saturated rings. The van der Waals surface area contributed by atoms with Gasteiger partial charge in [-0.3, -0.25) is 9.59 Å². The Morgan fingerprint density at radius 1 is 0.846 bits per heavy atom. The van der Waals surface area contributed by atoms with E-state index in [2.05, 4.69) is 0 Å². The van der Waals surface area contributed by atoms with Crippen LogP contribution in [0.3, 0.4) is 0 Å². The lowest BCUT2D eigenvalue weighted by Crippen LogP contribution is -2.62. The van der Waals surface area contributed by atoms with Crippen LogP contribution in [0.5, 0.6) is 0 Å². The molecule has 4 rings (SSSR count). The van der Waals surface area contributed by atoms with Crippen molar-refractivity contribution in [2.24, 2.45) is 11.8 Å². The fourth-order valence-electron chi connectivity index (χ4n) is 6.33. The molecule has 0 aromatic heterocycles. The van der Waals surface area contributed by atoms with Crippen LogP contribution in [0.2, 0.25) is 0 Å². The Balaban J connectivity index is 1.50. The summed E-state index contributed by atoms with van der Waals surface area (Å²) in [6.45, 7) is -0.584. The van der Waals surface area contributed by atoms with Crippen LogP contribution in [0.1, 0.15) is 44.9 Å². The van der Waals surface area contributed by atoms with Crippen molar-refractivity contribution in [3.63, 3.8) is 0 Å². The number of aliphatic carboxylic acids is 1. The summed E-state index contributed by atoms with van der Waals surface area (Å²) in [5.74, 6) is -2.97. The van der Waals surface area contributed by atoms with Gasteiger partial charge in [-0.15, -0.1) is 0 Å². The highest BCUT2D eigenvalue weighted by atomic mass is 16.7. The largest absolute Gasteiger partial charge is 0.481 e. The molecular formula is C25H40O14. The van der Waals surface area contributed by atoms with Gasteiger partial charge in [0, 0.05) is 13.0 Å². The predicted molar refractivity (Wildman–Crippen MR) is 127 cm³/mol. The molecule has 2 aliphatic carbocycles. The highest BCUT2D eigenvalue weighted by molar-refractivity contribution is 5.90. The summed E-state index contributed by atoms with van der Waals surface area (Å²) in [6.07, 6.45) is -10.8. The van der Waals surface area contributed by atoms with Crippen LogP contribution < -0.4 is 0 Å². The quantitative estimate of drug-likeness (QED) is 0.121. The molecular weight excluding hydrogens is 524 g/mol. The van der Waals surface area contributed by atoms with Crippen LogP contribution in [0.15, 0.2) is 0 Å². The monoisotopic (exact) mass is 564 g/mol. The molecule has 0 amide bonds. The molecule has 0 bridgehead atoms. The Bertz CT molecular complexity index is 842. The number of rotatable bonds is 8. The summed E-state index contributed by atoms with van der Waals surface area (Å²) in [4.78, 5) is 22.4. The molecule has 39 heavy (non-hydrogen) atoms. The summed E-state index contributed by atoms with van der Waals surface area (Å²) in [5, 5.41) is 71.4. The minimum absolute atomic E-state index is 0.135. The number of carboxylic acid groups (broad SMARTS) is 1. The van der Waals surface area contributed by atoms with E-state index in [-0.39, 0.29) is 18.3 Å². The molecule has 14 unspecified atom stereocenters. The third kappa shape index (κ3) is 7.07. The van der Waals surface area contributed by atoms with Gasteiger partial charge < -0.3 is 59.4 Å². The summed E-state index contributed by atoms with van der Waals surface area (Å²) >= 11 is 0. The number of hydrogen-bond donors (Lipinski definition) is 7. The third-order valence-corrected chi connectivity index (χ3v) is 8.44. The van der Waals surface area contributed by atoms with E-state index >= 15 is 0 Å². The zero-order chi connectivity index (χ0) is 28.4. The predicted octanol–water partition coefficient (Wildman–Crippen LogP) is -2.34. The maximum absolute atomic E-state index is 11.7. The smallest absolute Gasteiger partial charge is 0.317 e. The van der Waals surface area contributed by atoms with E-state index in [0.717, 1.165) is 0 Å². The van der Waals surface area contributed by atoms with Crippen molar-refractivity contribution in [1.29, 1.82) is 0 Å². The highest BCUT2D eigenvalue weighted by Crippen LogP contribution is 2.43. The lowest BCUT2D eigenvalue weighted by atomic mass is 9.72. The molecule has 224 valence electrons. The van der Waals surface area contributed by atoms with E-state index in [1.165, 1.54) is 7.11 Å². The maximum atomic E-state index is 11.7. The standard InChI is InChI=1S/C25H40O14/c1-35-16-4-10(2-3-13(16)27)24-17(7-12-14(28)5-11(26)6-15(12)37-24)38-25-23(34)22(33)21(32)18(39-25)9-36-20(31)8-19(29)30/h10-18,21-28,32-34H,2-9H2,1H3,(H,29,30). The summed E-state index contributed by atoms with van der Waals surface area (Å²) in [5.41, 5.74) is 0. The molecule has 0 aromatic carbocycles. The average molecular weight is 565 g/mol. The molecule has 2 heterocycles. The second-order valence-corrected chi connectivity index (χ2v) is 11.1. The van der Waals surface area contributed by atoms with Gasteiger partial charge in [0.2, 0.25) is 0 Å². The number of aliphatic hydroxyl groups is 6. The second-order valence-electron chi connectivity index (χ2n) is 11.1. The Labute approximate surface area is 225 Å². The molecule has 4 aliphatic rings. The fraction of sp³-hybridized carbons (Fsp3) is 0.920. The van der Waals surface area contributed by atoms with Gasteiger partial charge in [0.05, 0.1) is 42.7 Å². The van der Waals surface area contributed by atoms with Gasteiger partial charge in [0.25, 0.3) is 0 Å². The van der Waals surface area contributed by atoms with Crippen molar-refractivity contribution in [3.8, 4) is 0 Å². The highest BCUT2D eigenvalue weighted by Gasteiger charge is 2.52. The molecule has 14 heteroatoms. The number of fused-ring (bicyclic) bond motifs is 1. The topological polar surface area (TPSA) is 222 Å². The second kappa shape index (κ2) is 13.0. The van der Waals surface area contributed by atoms with Gasteiger partial charge >= 0.3 is 11.9 Å².